The largest absolute Gasteiger partial charge is 0.478 e. The van der Waals surface area contributed by atoms with E-state index in [4.69, 9.17) is 13.9 Å². The SMILES string of the molecule is Cc1cc([C@@H](C)Nc2ccccc2C(=O)O)c2oc(-c3ccc4c(c3)OCO4)c(C)c(=O)c2c1. The van der Waals surface area contributed by atoms with Crippen molar-refractivity contribution in [1.29, 1.82) is 0 Å². The molecule has 1 aliphatic rings. The summed E-state index contributed by atoms with van der Waals surface area (Å²) in [4.78, 5) is 25.0. The van der Waals surface area contributed by atoms with Gasteiger partial charge in [0.05, 0.1) is 17.0 Å². The van der Waals surface area contributed by atoms with Crippen molar-refractivity contribution in [3.63, 3.8) is 0 Å². The molecule has 5 rings (SSSR count). The minimum absolute atomic E-state index is 0.114. The molecule has 0 bridgehead atoms. The van der Waals surface area contributed by atoms with Crippen LogP contribution in [0.5, 0.6) is 11.5 Å². The number of carboxylic acid groups (broad SMARTS) is 1. The highest BCUT2D eigenvalue weighted by atomic mass is 16.7. The van der Waals surface area contributed by atoms with E-state index in [1.54, 1.807) is 43.3 Å². The first kappa shape index (κ1) is 21.6. The van der Waals surface area contributed by atoms with Gasteiger partial charge in [-0.15, -0.1) is 0 Å². The molecular formula is C27H23NO6. The van der Waals surface area contributed by atoms with Gasteiger partial charge in [0.25, 0.3) is 0 Å². The van der Waals surface area contributed by atoms with Crippen LogP contribution in [0.25, 0.3) is 22.3 Å². The summed E-state index contributed by atoms with van der Waals surface area (Å²) in [5, 5.41) is 13.3. The molecule has 0 saturated carbocycles. The summed E-state index contributed by atoms with van der Waals surface area (Å²) < 4.78 is 17.3. The van der Waals surface area contributed by atoms with Crippen molar-refractivity contribution >= 4 is 22.6 Å². The van der Waals surface area contributed by atoms with Crippen molar-refractivity contribution in [2.45, 2.75) is 26.8 Å². The number of carboxylic acids is 1. The Bertz CT molecular complexity index is 1500. The van der Waals surface area contributed by atoms with Crippen molar-refractivity contribution in [3.05, 3.63) is 87.1 Å². The van der Waals surface area contributed by atoms with Crippen LogP contribution in [-0.2, 0) is 0 Å². The van der Waals surface area contributed by atoms with Gasteiger partial charge in [0.1, 0.15) is 11.3 Å². The van der Waals surface area contributed by atoms with E-state index < -0.39 is 5.97 Å². The maximum Gasteiger partial charge on any atom is 0.337 e. The summed E-state index contributed by atoms with van der Waals surface area (Å²) >= 11 is 0. The van der Waals surface area contributed by atoms with Gasteiger partial charge in [-0.2, -0.15) is 0 Å². The number of ether oxygens (including phenoxy) is 2. The average molecular weight is 457 g/mol. The van der Waals surface area contributed by atoms with Gasteiger partial charge in [-0.3, -0.25) is 4.79 Å². The van der Waals surface area contributed by atoms with Crippen LogP contribution in [0.2, 0.25) is 0 Å². The maximum atomic E-state index is 13.4. The molecule has 2 N–H and O–H groups in total. The van der Waals surface area contributed by atoms with E-state index in [2.05, 4.69) is 5.32 Å². The monoisotopic (exact) mass is 457 g/mol. The van der Waals surface area contributed by atoms with Crippen LogP contribution in [-0.4, -0.2) is 17.9 Å². The molecule has 1 aromatic heterocycles. The predicted octanol–water partition coefficient (Wildman–Crippen LogP) is 5.68. The Kier molecular flexibility index (Phi) is 5.24. The van der Waals surface area contributed by atoms with Crippen molar-refractivity contribution in [1.82, 2.24) is 0 Å². The van der Waals surface area contributed by atoms with E-state index in [-0.39, 0.29) is 23.8 Å². The Balaban J connectivity index is 1.66. The van der Waals surface area contributed by atoms with Crippen LogP contribution in [0.15, 0.2) is 63.8 Å². The van der Waals surface area contributed by atoms with Crippen molar-refractivity contribution in [2.75, 3.05) is 12.1 Å². The summed E-state index contributed by atoms with van der Waals surface area (Å²) in [6.07, 6.45) is 0. The summed E-state index contributed by atoms with van der Waals surface area (Å²) in [5.74, 6) is 0.690. The molecule has 2 heterocycles. The minimum Gasteiger partial charge on any atom is -0.478 e. The second-order valence-electron chi connectivity index (χ2n) is 8.40. The van der Waals surface area contributed by atoms with E-state index in [9.17, 15) is 14.7 Å². The van der Waals surface area contributed by atoms with Crippen molar-refractivity contribution in [2.24, 2.45) is 0 Å². The zero-order chi connectivity index (χ0) is 24.0. The van der Waals surface area contributed by atoms with Gasteiger partial charge < -0.3 is 24.3 Å². The fourth-order valence-electron chi connectivity index (χ4n) is 4.31. The van der Waals surface area contributed by atoms with Gasteiger partial charge in [-0.25, -0.2) is 4.79 Å². The number of aromatic carboxylic acids is 1. The molecular weight excluding hydrogens is 434 g/mol. The highest BCUT2D eigenvalue weighted by Gasteiger charge is 2.22. The molecule has 7 heteroatoms. The van der Waals surface area contributed by atoms with Gasteiger partial charge in [-0.1, -0.05) is 18.2 Å². The minimum atomic E-state index is -1.02. The molecule has 0 fully saturated rings. The fourth-order valence-corrected chi connectivity index (χ4v) is 4.31. The lowest BCUT2D eigenvalue weighted by Gasteiger charge is -2.20. The van der Waals surface area contributed by atoms with Crippen LogP contribution in [0.4, 0.5) is 5.69 Å². The molecule has 0 aliphatic carbocycles. The molecule has 1 atom stereocenters. The number of hydrogen-bond donors (Lipinski definition) is 2. The number of anilines is 1. The van der Waals surface area contributed by atoms with Crippen LogP contribution in [0.3, 0.4) is 0 Å². The summed E-state index contributed by atoms with van der Waals surface area (Å²) in [6, 6.07) is 15.6. The number of benzene rings is 3. The Morgan fingerprint density at radius 2 is 1.79 bits per heavy atom. The van der Waals surface area contributed by atoms with E-state index in [1.165, 1.54) is 0 Å². The van der Waals surface area contributed by atoms with E-state index >= 15 is 0 Å². The van der Waals surface area contributed by atoms with Crippen LogP contribution in [0, 0.1) is 13.8 Å². The standard InChI is InChI=1S/C27H23NO6/c1-14-10-19(16(3)28-21-7-5-4-6-18(21)27(30)31)26-20(11-14)24(29)15(2)25(34-26)17-8-9-22-23(12-17)33-13-32-22/h4-12,16,28H,13H2,1-3H3,(H,30,31)/t16-/m1/s1. The lowest BCUT2D eigenvalue weighted by Crippen LogP contribution is -2.14. The number of rotatable bonds is 5. The highest BCUT2D eigenvalue weighted by molar-refractivity contribution is 5.94. The second-order valence-corrected chi connectivity index (χ2v) is 8.40. The zero-order valence-electron chi connectivity index (χ0n) is 19.0. The van der Waals surface area contributed by atoms with E-state index in [1.807, 2.05) is 32.0 Å². The Morgan fingerprint density at radius 1 is 1.03 bits per heavy atom. The fraction of sp³-hybridized carbons (Fsp3) is 0.185. The van der Waals surface area contributed by atoms with Crippen LogP contribution >= 0.6 is 0 Å². The molecule has 0 amide bonds. The first-order chi connectivity index (χ1) is 16.3. The number of fused-ring (bicyclic) bond motifs is 2. The smallest absolute Gasteiger partial charge is 0.337 e. The third kappa shape index (κ3) is 3.65. The molecule has 172 valence electrons. The quantitative estimate of drug-likeness (QED) is 0.398. The summed E-state index contributed by atoms with van der Waals surface area (Å²) in [6.45, 7) is 5.73. The molecule has 4 aromatic rings. The number of para-hydroxylation sites is 1. The van der Waals surface area contributed by atoms with Crippen molar-refractivity contribution < 1.29 is 23.8 Å². The lowest BCUT2D eigenvalue weighted by atomic mass is 9.98. The van der Waals surface area contributed by atoms with Gasteiger partial charge in [0.2, 0.25) is 6.79 Å². The molecule has 1 aliphatic heterocycles. The van der Waals surface area contributed by atoms with Gasteiger partial charge in [0, 0.05) is 22.4 Å². The number of nitrogens with one attached hydrogen (secondary N) is 1. The Hall–Kier alpha value is -4.26. The third-order valence-corrected chi connectivity index (χ3v) is 6.02. The molecule has 3 aromatic carbocycles. The summed E-state index contributed by atoms with van der Waals surface area (Å²) in [7, 11) is 0. The van der Waals surface area contributed by atoms with Crippen molar-refractivity contribution in [3.8, 4) is 22.8 Å². The number of hydrogen-bond acceptors (Lipinski definition) is 6. The molecule has 0 unspecified atom stereocenters. The molecule has 0 radical (unpaired) electrons. The molecule has 7 nitrogen and oxygen atoms in total. The number of aryl methyl sites for hydroxylation is 1. The summed E-state index contributed by atoms with van der Waals surface area (Å²) in [5.41, 5.74) is 3.88. The third-order valence-electron chi connectivity index (χ3n) is 6.02. The predicted molar refractivity (Wildman–Crippen MR) is 129 cm³/mol. The van der Waals surface area contributed by atoms with Gasteiger partial charge in [-0.05, 0) is 62.7 Å². The molecule has 0 saturated heterocycles. The Morgan fingerprint density at radius 3 is 2.59 bits per heavy atom. The maximum absolute atomic E-state index is 13.4. The Labute approximate surface area is 195 Å². The zero-order valence-corrected chi connectivity index (χ0v) is 19.0. The van der Waals surface area contributed by atoms with E-state index in [0.717, 1.165) is 11.1 Å². The van der Waals surface area contributed by atoms with Gasteiger partial charge in [0.15, 0.2) is 16.9 Å². The first-order valence-corrected chi connectivity index (χ1v) is 10.9. The van der Waals surface area contributed by atoms with Crippen LogP contribution < -0.4 is 20.2 Å². The van der Waals surface area contributed by atoms with E-state index in [0.29, 0.717) is 45.0 Å². The highest BCUT2D eigenvalue weighted by Crippen LogP contribution is 2.38. The first-order valence-electron chi connectivity index (χ1n) is 10.9. The van der Waals surface area contributed by atoms with Crippen LogP contribution in [0.1, 0.15) is 40.0 Å². The topological polar surface area (TPSA) is 98.0 Å². The normalized spacial score (nSPS) is 13.1. The molecule has 34 heavy (non-hydrogen) atoms. The average Bonchev–Trinajstić information content (AvgIpc) is 3.29. The molecule has 0 spiro atoms. The second kappa shape index (κ2) is 8.26. The lowest BCUT2D eigenvalue weighted by molar-refractivity contribution is 0.0698. The van der Waals surface area contributed by atoms with Gasteiger partial charge >= 0.3 is 5.97 Å². The number of carbonyl (C=O) groups is 1.